The molecule has 0 radical (unpaired) electrons. The van der Waals surface area contributed by atoms with E-state index in [0.717, 1.165) is 0 Å². The Labute approximate surface area is 278 Å². The first-order valence-electron chi connectivity index (χ1n) is 14.9. The molecule has 0 aliphatic carbocycles. The van der Waals surface area contributed by atoms with Gasteiger partial charge in [-0.05, 0) is 29.8 Å². The minimum atomic E-state index is -1.25. The maximum atomic E-state index is 14.5. The molecule has 0 fully saturated rings. The molecule has 0 spiro atoms. The molecule has 3 aromatic rings. The Morgan fingerprint density at radius 2 is 1.70 bits per heavy atom. The van der Waals surface area contributed by atoms with E-state index >= 15 is 0 Å². The van der Waals surface area contributed by atoms with E-state index in [4.69, 9.17) is 41.0 Å². The number of carbonyl (C=O) groups is 4. The Morgan fingerprint density at radius 3 is 2.32 bits per heavy atom. The third kappa shape index (κ3) is 8.10. The summed E-state index contributed by atoms with van der Waals surface area (Å²) in [6, 6.07) is 15.6. The number of nitrogens with two attached hydrogens (primary N) is 1. The van der Waals surface area contributed by atoms with Gasteiger partial charge in [0.2, 0.25) is 0 Å². The number of halogens is 1. The number of ketones is 1. The summed E-state index contributed by atoms with van der Waals surface area (Å²) in [7, 11) is 4.26. The topological polar surface area (TPSA) is 144 Å². The highest BCUT2D eigenvalue weighted by Crippen LogP contribution is 2.45. The highest BCUT2D eigenvalue weighted by atomic mass is 35.5. The first-order chi connectivity index (χ1) is 22.3. The van der Waals surface area contributed by atoms with Crippen molar-refractivity contribution in [3.63, 3.8) is 0 Å². The predicted molar refractivity (Wildman–Crippen MR) is 175 cm³/mol. The molecule has 250 valence electrons. The average molecular weight is 667 g/mol. The van der Waals surface area contributed by atoms with Gasteiger partial charge < -0.3 is 34.3 Å². The zero-order valence-corrected chi connectivity index (χ0v) is 28.0. The van der Waals surface area contributed by atoms with Crippen LogP contribution >= 0.6 is 11.6 Å². The van der Waals surface area contributed by atoms with Crippen LogP contribution in [0.2, 0.25) is 5.02 Å². The molecule has 1 heterocycles. The van der Waals surface area contributed by atoms with Crippen molar-refractivity contribution in [2.45, 2.75) is 45.4 Å². The molecule has 47 heavy (non-hydrogen) atoms. The molecule has 1 amide bonds. The molecule has 1 unspecified atom stereocenters. The van der Waals surface area contributed by atoms with Gasteiger partial charge in [-0.2, -0.15) is 0 Å². The van der Waals surface area contributed by atoms with E-state index in [0.29, 0.717) is 44.5 Å². The quantitative estimate of drug-likeness (QED) is 0.202. The third-order valence-electron chi connectivity index (χ3n) is 7.79. The molecule has 0 saturated carbocycles. The van der Waals surface area contributed by atoms with Gasteiger partial charge >= 0.3 is 11.9 Å². The summed E-state index contributed by atoms with van der Waals surface area (Å²) in [6.07, 6.45) is -2.47. The number of rotatable bonds is 12. The number of fused-ring (bicyclic) bond motifs is 1. The maximum Gasteiger partial charge on any atom is 0.327 e. The van der Waals surface area contributed by atoms with E-state index in [9.17, 15) is 19.2 Å². The summed E-state index contributed by atoms with van der Waals surface area (Å²) in [5.41, 5.74) is 7.66. The maximum absolute atomic E-state index is 14.5. The van der Waals surface area contributed by atoms with Crippen molar-refractivity contribution in [2.24, 2.45) is 11.1 Å². The number of anilines is 1. The summed E-state index contributed by atoms with van der Waals surface area (Å²) in [5, 5.41) is 0.408. The first-order valence-corrected chi connectivity index (χ1v) is 15.2. The van der Waals surface area contributed by atoms with Crippen LogP contribution in [0.3, 0.4) is 0 Å². The lowest BCUT2D eigenvalue weighted by molar-refractivity contribution is -0.144. The minimum absolute atomic E-state index is 0.0483. The second kappa shape index (κ2) is 15.0. The number of nitrogens with zero attached hydrogens (tertiary/aromatic N) is 1. The first kappa shape index (κ1) is 35.4. The van der Waals surface area contributed by atoms with E-state index in [1.807, 2.05) is 13.8 Å². The van der Waals surface area contributed by atoms with Crippen LogP contribution in [0.4, 0.5) is 5.69 Å². The fourth-order valence-corrected chi connectivity index (χ4v) is 5.60. The molecule has 1 aliphatic heterocycles. The lowest BCUT2D eigenvalue weighted by atomic mass is 9.92. The predicted octanol–water partition coefficient (Wildman–Crippen LogP) is 5.21. The molecule has 3 aromatic carbocycles. The van der Waals surface area contributed by atoms with Crippen LogP contribution < -0.4 is 20.1 Å². The van der Waals surface area contributed by atoms with Crippen LogP contribution in [0.5, 0.6) is 11.5 Å². The minimum Gasteiger partial charge on any atom is -0.493 e. The number of Topliss-reactive ketones (excluding diaryl/α,β-unsaturated/α-hetero) is 1. The highest BCUT2D eigenvalue weighted by Gasteiger charge is 2.41. The number of esters is 2. The van der Waals surface area contributed by atoms with Crippen LogP contribution in [0, 0.1) is 5.41 Å². The van der Waals surface area contributed by atoms with Crippen LogP contribution in [0.25, 0.3) is 0 Å². The molecule has 11 nitrogen and oxygen atoms in total. The molecule has 1 aliphatic rings. The van der Waals surface area contributed by atoms with Crippen LogP contribution in [0.15, 0.2) is 60.7 Å². The van der Waals surface area contributed by atoms with Crippen molar-refractivity contribution in [1.82, 2.24) is 0 Å². The van der Waals surface area contributed by atoms with E-state index < -0.39 is 41.5 Å². The van der Waals surface area contributed by atoms with Gasteiger partial charge in [0.25, 0.3) is 5.91 Å². The Balaban J connectivity index is 1.80. The van der Waals surface area contributed by atoms with Gasteiger partial charge in [0.05, 0.1) is 27.9 Å². The number of hydrogen-bond donors (Lipinski definition) is 1. The zero-order chi connectivity index (χ0) is 34.5. The monoisotopic (exact) mass is 666 g/mol. The molecular formula is C35H39ClN2O9. The summed E-state index contributed by atoms with van der Waals surface area (Å²) < 4.78 is 27.9. The molecule has 3 atom stereocenters. The van der Waals surface area contributed by atoms with Crippen LogP contribution in [-0.2, 0) is 28.6 Å². The van der Waals surface area contributed by atoms with Gasteiger partial charge in [-0.25, -0.2) is 0 Å². The fraction of sp³-hybridized carbons (Fsp3) is 0.371. The van der Waals surface area contributed by atoms with E-state index in [1.165, 1.54) is 28.3 Å². The standard InChI is InChI=1S/C35H39ClN2O9/c1-20(39)46-19-35(2,3)18-38-26-15-14-23(36)16-25(26)31(24-8-7-9-28(43-4)32(24)44-5)47-29(33(38)41)17-27(40)21-10-12-22(13-11-21)30(37)34(42)45-6/h7-16,29-31H,17-19,37H2,1-6H3/t29-,30?,31-/m1/s1. The van der Waals surface area contributed by atoms with Gasteiger partial charge in [0.15, 0.2) is 17.3 Å². The number of amides is 1. The van der Waals surface area contributed by atoms with Crippen molar-refractivity contribution < 1.29 is 42.9 Å². The molecule has 0 saturated heterocycles. The van der Waals surface area contributed by atoms with Crippen LogP contribution in [0.1, 0.15) is 66.4 Å². The van der Waals surface area contributed by atoms with E-state index in [-0.39, 0.29) is 25.4 Å². The zero-order valence-electron chi connectivity index (χ0n) is 27.2. The molecule has 2 N–H and O–H groups in total. The smallest absolute Gasteiger partial charge is 0.327 e. The molecule has 12 heteroatoms. The van der Waals surface area contributed by atoms with Crippen molar-refractivity contribution >= 4 is 40.9 Å². The average Bonchev–Trinajstić information content (AvgIpc) is 3.16. The largest absolute Gasteiger partial charge is 0.493 e. The number of benzene rings is 3. The molecule has 4 rings (SSSR count). The number of para-hydroxylation sites is 1. The Hall–Kier alpha value is -4.45. The van der Waals surface area contributed by atoms with Gasteiger partial charge in [-0.3, -0.25) is 19.2 Å². The fourth-order valence-electron chi connectivity index (χ4n) is 5.42. The lowest BCUT2D eigenvalue weighted by Gasteiger charge is -2.33. The third-order valence-corrected chi connectivity index (χ3v) is 8.03. The number of ether oxygens (including phenoxy) is 5. The summed E-state index contributed by atoms with van der Waals surface area (Å²) >= 11 is 6.52. The van der Waals surface area contributed by atoms with Gasteiger partial charge in [-0.15, -0.1) is 0 Å². The summed E-state index contributed by atoms with van der Waals surface area (Å²) in [4.78, 5) is 53.3. The number of hydrogen-bond acceptors (Lipinski definition) is 10. The SMILES string of the molecule is COC(=O)C(N)c1ccc(C(=O)C[C@H]2O[C@H](c3cccc(OC)c3OC)c3cc(Cl)ccc3N(CC(C)(C)COC(C)=O)C2=O)cc1. The second-order valence-corrected chi connectivity index (χ2v) is 12.3. The Bertz CT molecular complexity index is 1640. The van der Waals surface area contributed by atoms with Crippen LogP contribution in [-0.4, -0.2) is 64.2 Å². The van der Waals surface area contributed by atoms with E-state index in [1.54, 1.807) is 65.6 Å². The molecule has 0 bridgehead atoms. The van der Waals surface area contributed by atoms with Crippen molar-refractivity contribution in [2.75, 3.05) is 39.4 Å². The second-order valence-electron chi connectivity index (χ2n) is 11.9. The Kier molecular flexibility index (Phi) is 11.3. The highest BCUT2D eigenvalue weighted by molar-refractivity contribution is 6.30. The van der Waals surface area contributed by atoms with E-state index in [2.05, 4.69) is 0 Å². The number of carbonyl (C=O) groups excluding carboxylic acids is 4. The normalized spacial score (nSPS) is 16.9. The van der Waals surface area contributed by atoms with Crippen molar-refractivity contribution in [1.29, 1.82) is 0 Å². The molecule has 0 aromatic heterocycles. The van der Waals surface area contributed by atoms with Gasteiger partial charge in [0.1, 0.15) is 18.2 Å². The summed E-state index contributed by atoms with van der Waals surface area (Å²) in [5.74, 6) is -1.05. The van der Waals surface area contributed by atoms with Crippen molar-refractivity contribution in [3.05, 3.63) is 87.9 Å². The number of methoxy groups -OCH3 is 3. The van der Waals surface area contributed by atoms with Gasteiger partial charge in [0, 0.05) is 52.7 Å². The lowest BCUT2D eigenvalue weighted by Crippen LogP contribution is -2.46. The Morgan fingerprint density at radius 1 is 1.00 bits per heavy atom. The van der Waals surface area contributed by atoms with Crippen molar-refractivity contribution in [3.8, 4) is 11.5 Å². The summed E-state index contributed by atoms with van der Waals surface area (Å²) in [6.45, 7) is 5.24. The van der Waals surface area contributed by atoms with Gasteiger partial charge in [-0.1, -0.05) is 61.8 Å². The molecular weight excluding hydrogens is 628 g/mol.